The Morgan fingerprint density at radius 1 is 1.07 bits per heavy atom. The minimum Gasteiger partial charge on any atom is -0.464 e. The van der Waals surface area contributed by atoms with Gasteiger partial charge in [-0.2, -0.15) is 0 Å². The fraction of sp³-hybridized carbons (Fsp3) is 0.174. The predicted octanol–water partition coefficient (Wildman–Crippen LogP) is 4.25. The third-order valence-electron chi connectivity index (χ3n) is 4.69. The number of hydrogen-bond acceptors (Lipinski definition) is 6. The summed E-state index contributed by atoms with van der Waals surface area (Å²) in [6.45, 7) is 1.48. The molecule has 30 heavy (non-hydrogen) atoms. The first kappa shape index (κ1) is 19.8. The summed E-state index contributed by atoms with van der Waals surface area (Å²) in [6, 6.07) is 15.2. The number of benzene rings is 2. The Morgan fingerprint density at radius 2 is 1.90 bits per heavy atom. The summed E-state index contributed by atoms with van der Waals surface area (Å²) in [4.78, 5) is 37.0. The highest BCUT2D eigenvalue weighted by Crippen LogP contribution is 2.30. The summed E-state index contributed by atoms with van der Waals surface area (Å²) in [7, 11) is 0. The lowest BCUT2D eigenvalue weighted by Crippen LogP contribution is -2.18. The second-order valence-electron chi connectivity index (χ2n) is 6.86. The van der Waals surface area contributed by atoms with Gasteiger partial charge in [-0.25, -0.2) is 0 Å². The van der Waals surface area contributed by atoms with E-state index in [9.17, 15) is 14.4 Å². The van der Waals surface area contributed by atoms with Gasteiger partial charge < -0.3 is 14.5 Å². The van der Waals surface area contributed by atoms with Crippen LogP contribution in [0.5, 0.6) is 0 Å². The number of carbonyl (C=O) groups excluding carboxylic acids is 3. The third-order valence-corrected chi connectivity index (χ3v) is 5.81. The molecule has 0 aliphatic heterocycles. The van der Waals surface area contributed by atoms with Crippen molar-refractivity contribution in [2.45, 2.75) is 19.9 Å². The van der Waals surface area contributed by atoms with E-state index in [-0.39, 0.29) is 24.7 Å². The standard InChI is InChI=1S/C23H19NO5S/c1-14(25)24-11-17-7-9-21(30-17)19(26)13-29-22(27)10-16-12-28-20-8-6-15-4-2-3-5-18(15)23(16)20/h2-9,12H,10-11,13H2,1H3,(H,24,25). The number of furan rings is 1. The lowest BCUT2D eigenvalue weighted by Gasteiger charge is -2.04. The molecule has 4 aromatic rings. The molecule has 4 rings (SSSR count). The largest absolute Gasteiger partial charge is 0.464 e. The number of ketones is 1. The quantitative estimate of drug-likeness (QED) is 0.356. The van der Waals surface area contributed by atoms with Gasteiger partial charge in [-0.1, -0.05) is 30.3 Å². The zero-order valence-electron chi connectivity index (χ0n) is 16.3. The Labute approximate surface area is 176 Å². The second kappa shape index (κ2) is 8.51. The number of hydrogen-bond donors (Lipinski definition) is 1. The number of nitrogens with one attached hydrogen (secondary N) is 1. The lowest BCUT2D eigenvalue weighted by atomic mass is 10.0. The predicted molar refractivity (Wildman–Crippen MR) is 115 cm³/mol. The van der Waals surface area contributed by atoms with Gasteiger partial charge in [0, 0.05) is 22.8 Å². The molecule has 2 aromatic carbocycles. The molecule has 0 fully saturated rings. The van der Waals surface area contributed by atoms with E-state index in [4.69, 9.17) is 9.15 Å². The Hall–Kier alpha value is -3.45. The molecule has 1 amide bonds. The van der Waals surface area contributed by atoms with Gasteiger partial charge in [-0.3, -0.25) is 14.4 Å². The highest BCUT2D eigenvalue weighted by atomic mass is 32.1. The smallest absolute Gasteiger partial charge is 0.310 e. The van der Waals surface area contributed by atoms with E-state index in [0.29, 0.717) is 17.0 Å². The summed E-state index contributed by atoms with van der Waals surface area (Å²) >= 11 is 1.27. The van der Waals surface area contributed by atoms with Crippen molar-refractivity contribution < 1.29 is 23.5 Å². The number of esters is 1. The van der Waals surface area contributed by atoms with E-state index in [1.807, 2.05) is 36.4 Å². The average Bonchev–Trinajstić information content (AvgIpc) is 3.38. The van der Waals surface area contributed by atoms with Crippen molar-refractivity contribution >= 4 is 50.7 Å². The second-order valence-corrected chi connectivity index (χ2v) is 8.03. The molecule has 0 aliphatic rings. The summed E-state index contributed by atoms with van der Waals surface area (Å²) < 4.78 is 10.8. The van der Waals surface area contributed by atoms with Gasteiger partial charge >= 0.3 is 5.97 Å². The molecule has 0 radical (unpaired) electrons. The van der Waals surface area contributed by atoms with Crippen LogP contribution in [0.3, 0.4) is 0 Å². The van der Waals surface area contributed by atoms with Gasteiger partial charge in [-0.15, -0.1) is 11.3 Å². The molecule has 2 heterocycles. The van der Waals surface area contributed by atoms with Crippen LogP contribution >= 0.6 is 11.3 Å². The van der Waals surface area contributed by atoms with Crippen molar-refractivity contribution in [2.24, 2.45) is 0 Å². The van der Waals surface area contributed by atoms with E-state index in [1.54, 1.807) is 18.4 Å². The lowest BCUT2D eigenvalue weighted by molar-refractivity contribution is -0.141. The summed E-state index contributed by atoms with van der Waals surface area (Å²) in [5.74, 6) is -0.899. The van der Waals surface area contributed by atoms with Crippen LogP contribution in [-0.4, -0.2) is 24.3 Å². The Morgan fingerprint density at radius 3 is 2.73 bits per heavy atom. The van der Waals surface area contributed by atoms with Gasteiger partial charge in [0.25, 0.3) is 0 Å². The molecule has 0 aliphatic carbocycles. The van der Waals surface area contributed by atoms with Crippen molar-refractivity contribution in [3.05, 3.63) is 70.1 Å². The topological polar surface area (TPSA) is 85.6 Å². The summed E-state index contributed by atoms with van der Waals surface area (Å²) in [6.07, 6.45) is 1.58. The van der Waals surface area contributed by atoms with Gasteiger partial charge in [0.1, 0.15) is 5.58 Å². The average molecular weight is 421 g/mol. The normalized spacial score (nSPS) is 11.0. The third kappa shape index (κ3) is 4.26. The van der Waals surface area contributed by atoms with E-state index in [0.717, 1.165) is 26.6 Å². The molecular formula is C23H19NO5S. The van der Waals surface area contributed by atoms with Gasteiger partial charge in [0.15, 0.2) is 6.61 Å². The number of fused-ring (bicyclic) bond motifs is 3. The summed E-state index contributed by atoms with van der Waals surface area (Å²) in [5.41, 5.74) is 1.44. The van der Waals surface area contributed by atoms with Crippen LogP contribution in [0.25, 0.3) is 21.7 Å². The van der Waals surface area contributed by atoms with E-state index >= 15 is 0 Å². The number of ether oxygens (including phenoxy) is 1. The highest BCUT2D eigenvalue weighted by molar-refractivity contribution is 7.14. The molecule has 0 saturated heterocycles. The highest BCUT2D eigenvalue weighted by Gasteiger charge is 2.16. The van der Waals surface area contributed by atoms with Crippen molar-refractivity contribution in [1.29, 1.82) is 0 Å². The zero-order chi connectivity index (χ0) is 21.1. The van der Waals surface area contributed by atoms with Crippen LogP contribution in [0.15, 0.2) is 59.2 Å². The first-order chi connectivity index (χ1) is 14.5. The molecular weight excluding hydrogens is 402 g/mol. The number of Topliss-reactive ketones (excluding diaryl/α,β-unsaturated/α-hetero) is 1. The molecule has 6 nitrogen and oxygen atoms in total. The van der Waals surface area contributed by atoms with Crippen molar-refractivity contribution in [1.82, 2.24) is 5.32 Å². The molecule has 7 heteroatoms. The van der Waals surface area contributed by atoms with E-state index < -0.39 is 5.97 Å². The molecule has 152 valence electrons. The Balaban J connectivity index is 1.40. The fourth-order valence-corrected chi connectivity index (χ4v) is 4.13. The Kier molecular flexibility index (Phi) is 5.63. The number of rotatable bonds is 7. The number of thiophene rings is 1. The monoisotopic (exact) mass is 421 g/mol. The molecule has 1 N–H and O–H groups in total. The molecule has 0 atom stereocenters. The molecule has 0 bridgehead atoms. The zero-order valence-corrected chi connectivity index (χ0v) is 17.1. The van der Waals surface area contributed by atoms with Crippen molar-refractivity contribution in [2.75, 3.05) is 6.61 Å². The van der Waals surface area contributed by atoms with Crippen LogP contribution in [0.4, 0.5) is 0 Å². The number of amides is 1. The molecule has 0 spiro atoms. The van der Waals surface area contributed by atoms with Crippen molar-refractivity contribution in [3.8, 4) is 0 Å². The van der Waals surface area contributed by atoms with Gasteiger partial charge in [0.2, 0.25) is 11.7 Å². The van der Waals surface area contributed by atoms with Crippen LogP contribution in [-0.2, 0) is 27.3 Å². The maximum Gasteiger partial charge on any atom is 0.310 e. The van der Waals surface area contributed by atoms with Gasteiger partial charge in [-0.05, 0) is 29.0 Å². The number of carbonyl (C=O) groups is 3. The van der Waals surface area contributed by atoms with E-state index in [1.165, 1.54) is 18.3 Å². The maximum absolute atomic E-state index is 12.3. The summed E-state index contributed by atoms with van der Waals surface area (Å²) in [5, 5.41) is 5.64. The van der Waals surface area contributed by atoms with Crippen LogP contribution < -0.4 is 5.32 Å². The molecule has 0 unspecified atom stereocenters. The first-order valence-electron chi connectivity index (χ1n) is 9.41. The Bertz CT molecular complexity index is 1250. The minimum absolute atomic E-state index is 0.0203. The van der Waals surface area contributed by atoms with Crippen molar-refractivity contribution in [3.63, 3.8) is 0 Å². The fourth-order valence-electron chi connectivity index (χ4n) is 3.26. The first-order valence-corrected chi connectivity index (χ1v) is 10.2. The molecule has 0 saturated carbocycles. The van der Waals surface area contributed by atoms with Crippen LogP contribution in [0.2, 0.25) is 0 Å². The maximum atomic E-state index is 12.3. The van der Waals surface area contributed by atoms with E-state index in [2.05, 4.69) is 5.32 Å². The minimum atomic E-state index is -0.492. The van der Waals surface area contributed by atoms with Crippen LogP contribution in [0, 0.1) is 0 Å². The molecule has 2 aromatic heterocycles. The SMILES string of the molecule is CC(=O)NCc1ccc(C(=O)COC(=O)Cc2coc3ccc4ccccc4c23)s1. The van der Waals surface area contributed by atoms with Crippen LogP contribution in [0.1, 0.15) is 27.0 Å². The van der Waals surface area contributed by atoms with Gasteiger partial charge in [0.05, 0.1) is 24.1 Å².